The van der Waals surface area contributed by atoms with Crippen molar-refractivity contribution in [2.24, 2.45) is 0 Å². The molecule has 0 aromatic carbocycles. The molecule has 0 radical (unpaired) electrons. The van der Waals surface area contributed by atoms with Crippen molar-refractivity contribution in [3.63, 3.8) is 0 Å². The predicted molar refractivity (Wildman–Crippen MR) is 374 cm³/mol. The van der Waals surface area contributed by atoms with Crippen LogP contribution in [0.1, 0.15) is 232 Å². The van der Waals surface area contributed by atoms with Crippen LogP contribution >= 0.6 is 0 Å². The lowest BCUT2D eigenvalue weighted by molar-refractivity contribution is -0.379. The van der Waals surface area contributed by atoms with Crippen LogP contribution < -0.4 is 5.32 Å². The van der Waals surface area contributed by atoms with E-state index in [4.69, 9.17) is 28.4 Å². The van der Waals surface area contributed by atoms with Crippen LogP contribution in [-0.4, -0.2) is 193 Å². The highest BCUT2D eigenvalue weighted by Crippen LogP contribution is 2.33. The van der Waals surface area contributed by atoms with Gasteiger partial charge in [0.15, 0.2) is 18.9 Å². The van der Waals surface area contributed by atoms with Gasteiger partial charge in [-0.1, -0.05) is 239 Å². The van der Waals surface area contributed by atoms with Crippen molar-refractivity contribution in [2.75, 3.05) is 26.4 Å². The molecule has 12 N–H and O–H groups in total. The van der Waals surface area contributed by atoms with Gasteiger partial charge in [-0.25, -0.2) is 0 Å². The third kappa shape index (κ3) is 37.5. The molecule has 3 aliphatic heterocycles. The number of rotatable bonds is 55. The molecule has 0 bridgehead atoms. The SMILES string of the molecule is CC/C=C\C/C=C\C/C=C\C/C=C\C/C=C\C/C=C\CCCCCCCCCCCCCCCCCCC(=O)NC(COC1OC(CO)C(OC2OC(CO)C(OC3OC(CO)C(O)C(O)C3O)C(O)C2O)C(O)C1O)C(O)/C=C/CC/C=C/CC/C=C/CCCCCCC. The number of ether oxygens (including phenoxy) is 6. The smallest absolute Gasteiger partial charge is 0.220 e. The Bertz CT molecular complexity index is 2140. The number of amides is 1. The van der Waals surface area contributed by atoms with Gasteiger partial charge in [0.2, 0.25) is 5.91 Å². The number of hydrogen-bond acceptors (Lipinski definition) is 18. The highest BCUT2D eigenvalue weighted by atomic mass is 16.8. The van der Waals surface area contributed by atoms with E-state index in [1.165, 1.54) is 116 Å². The number of allylic oxidation sites excluding steroid dienone is 17. The summed E-state index contributed by atoms with van der Waals surface area (Å²) in [5.41, 5.74) is 0. The van der Waals surface area contributed by atoms with Crippen molar-refractivity contribution >= 4 is 5.91 Å². The Kier molecular flexibility index (Phi) is 50.7. The third-order valence-electron chi connectivity index (χ3n) is 17.5. The van der Waals surface area contributed by atoms with E-state index >= 15 is 0 Å². The summed E-state index contributed by atoms with van der Waals surface area (Å²) in [4.78, 5) is 13.4. The lowest BCUT2D eigenvalue weighted by Crippen LogP contribution is -2.66. The van der Waals surface area contributed by atoms with E-state index in [2.05, 4.69) is 116 Å². The highest BCUT2D eigenvalue weighted by Gasteiger charge is 2.53. The van der Waals surface area contributed by atoms with E-state index in [0.717, 1.165) is 83.5 Å². The maximum absolute atomic E-state index is 13.4. The molecule has 19 heteroatoms. The summed E-state index contributed by atoms with van der Waals surface area (Å²) >= 11 is 0. The van der Waals surface area contributed by atoms with Crippen molar-refractivity contribution in [2.45, 2.75) is 336 Å². The van der Waals surface area contributed by atoms with Gasteiger partial charge < -0.3 is 89.9 Å². The molecule has 0 aliphatic carbocycles. The summed E-state index contributed by atoms with van der Waals surface area (Å²) in [6.07, 6.45) is 49.4. The fraction of sp³-hybridized carbons (Fsp3) is 0.750. The summed E-state index contributed by atoms with van der Waals surface area (Å²) in [6.45, 7) is 1.56. The van der Waals surface area contributed by atoms with Crippen LogP contribution in [0.5, 0.6) is 0 Å². The van der Waals surface area contributed by atoms with Crippen LogP contribution in [0.2, 0.25) is 0 Å². The Balaban J connectivity index is 1.36. The molecule has 0 spiro atoms. The van der Waals surface area contributed by atoms with E-state index in [1.54, 1.807) is 6.08 Å². The second-order valence-corrected chi connectivity index (χ2v) is 25.6. The molecule has 1 amide bonds. The van der Waals surface area contributed by atoms with Gasteiger partial charge >= 0.3 is 0 Å². The molecule has 3 rings (SSSR count). The molecule has 3 fully saturated rings. The van der Waals surface area contributed by atoms with Gasteiger partial charge in [0.25, 0.3) is 0 Å². The number of aliphatic hydroxyl groups excluding tert-OH is 11. The normalized spacial score (nSPS) is 27.9. The molecule has 3 heterocycles. The van der Waals surface area contributed by atoms with Crippen molar-refractivity contribution in [1.82, 2.24) is 5.32 Å². The minimum atomic E-state index is -1.99. The van der Waals surface area contributed by atoms with Crippen LogP contribution in [0.15, 0.2) is 109 Å². The second kappa shape index (κ2) is 56.2. The molecule has 17 atom stereocenters. The quantitative estimate of drug-likeness (QED) is 0.0199. The number of carbonyl (C=O) groups is 1. The van der Waals surface area contributed by atoms with Gasteiger partial charge in [0.05, 0.1) is 38.6 Å². The Morgan fingerprint density at radius 1 is 0.389 bits per heavy atom. The van der Waals surface area contributed by atoms with Crippen LogP contribution in [0.3, 0.4) is 0 Å². The van der Waals surface area contributed by atoms with Gasteiger partial charge in [0.1, 0.15) is 73.2 Å². The standard InChI is InChI=1S/C76H129NO18/c1-3-5-7-9-11-13-15-17-19-20-21-22-23-24-25-26-27-28-29-30-31-32-33-34-35-36-37-38-40-42-44-46-48-50-52-54-64(82)77-59(60(81)53-51-49-47-45-43-41-39-18-16-14-12-10-8-6-4-2)58-90-74-70(88)67(85)72(62(56-79)92-74)95-76-71(89)68(86)73(63(57-80)93-76)94-75-69(87)66(84)65(83)61(55-78)91-75/h5,7,11,13,16-19,21-22,24-25,27-28,43,45,51,53,59-63,65-76,78-81,83-89H,3-4,6,8-10,12,14-15,20,23,26,29-42,44,46-50,52,54-58H2,1-2H3,(H,77,82)/b7-5-,13-11-,18-16+,19-17-,22-21-,25-24-,28-27-,45-43+,53-51+. The number of hydrogen-bond donors (Lipinski definition) is 12. The zero-order valence-corrected chi connectivity index (χ0v) is 57.9. The second-order valence-electron chi connectivity index (χ2n) is 25.6. The first-order chi connectivity index (χ1) is 46.3. The van der Waals surface area contributed by atoms with Crippen molar-refractivity contribution in [3.05, 3.63) is 109 Å². The van der Waals surface area contributed by atoms with E-state index in [-0.39, 0.29) is 18.9 Å². The van der Waals surface area contributed by atoms with Gasteiger partial charge in [-0.3, -0.25) is 4.79 Å². The zero-order valence-electron chi connectivity index (χ0n) is 57.9. The minimum absolute atomic E-state index is 0.227. The fourth-order valence-corrected chi connectivity index (χ4v) is 11.6. The Morgan fingerprint density at radius 2 is 0.737 bits per heavy atom. The zero-order chi connectivity index (χ0) is 68.9. The molecule has 0 saturated carbocycles. The van der Waals surface area contributed by atoms with Crippen molar-refractivity contribution in [3.8, 4) is 0 Å². The van der Waals surface area contributed by atoms with Crippen molar-refractivity contribution in [1.29, 1.82) is 0 Å². The maximum Gasteiger partial charge on any atom is 0.220 e. The van der Waals surface area contributed by atoms with E-state index in [1.807, 2.05) is 6.08 Å². The Morgan fingerprint density at radius 3 is 1.18 bits per heavy atom. The van der Waals surface area contributed by atoms with Gasteiger partial charge in [-0.05, 0) is 96.3 Å². The van der Waals surface area contributed by atoms with Crippen LogP contribution in [0.25, 0.3) is 0 Å². The summed E-state index contributed by atoms with van der Waals surface area (Å²) in [5.74, 6) is -0.293. The van der Waals surface area contributed by atoms with E-state index < -0.39 is 124 Å². The minimum Gasteiger partial charge on any atom is -0.394 e. The first kappa shape index (κ1) is 85.7. The average molecular weight is 1340 g/mol. The Labute approximate surface area is 570 Å². The van der Waals surface area contributed by atoms with Gasteiger partial charge in [-0.2, -0.15) is 0 Å². The molecular formula is C76H129NO18. The molecule has 546 valence electrons. The first-order valence-corrected chi connectivity index (χ1v) is 36.6. The summed E-state index contributed by atoms with van der Waals surface area (Å²) in [5, 5.41) is 120. The molecular weight excluding hydrogens is 1210 g/mol. The van der Waals surface area contributed by atoms with Crippen LogP contribution in [0.4, 0.5) is 0 Å². The number of aliphatic hydroxyl groups is 11. The highest BCUT2D eigenvalue weighted by molar-refractivity contribution is 5.76. The predicted octanol–water partition coefficient (Wildman–Crippen LogP) is 10.6. The molecule has 0 aromatic heterocycles. The monoisotopic (exact) mass is 1340 g/mol. The summed E-state index contributed by atoms with van der Waals surface area (Å²) in [7, 11) is 0. The number of nitrogens with one attached hydrogen (secondary N) is 1. The largest absolute Gasteiger partial charge is 0.394 e. The number of unbranched alkanes of at least 4 members (excludes halogenated alkanes) is 23. The first-order valence-electron chi connectivity index (χ1n) is 36.6. The van der Waals surface area contributed by atoms with E-state index in [9.17, 15) is 61.0 Å². The third-order valence-corrected chi connectivity index (χ3v) is 17.5. The summed E-state index contributed by atoms with van der Waals surface area (Å²) in [6, 6.07) is -1.00. The average Bonchev–Trinajstić information content (AvgIpc) is 0.799. The van der Waals surface area contributed by atoms with Crippen molar-refractivity contribution < 1.29 is 89.4 Å². The Hall–Kier alpha value is -3.55. The molecule has 0 aromatic rings. The summed E-state index contributed by atoms with van der Waals surface area (Å²) < 4.78 is 34.3. The van der Waals surface area contributed by atoms with E-state index in [0.29, 0.717) is 12.8 Å². The molecule has 3 saturated heterocycles. The van der Waals surface area contributed by atoms with Gasteiger partial charge in [0, 0.05) is 6.42 Å². The lowest BCUT2D eigenvalue weighted by atomic mass is 9.96. The maximum atomic E-state index is 13.4. The molecule has 95 heavy (non-hydrogen) atoms. The van der Waals surface area contributed by atoms with Crippen LogP contribution in [-0.2, 0) is 33.2 Å². The molecule has 19 nitrogen and oxygen atoms in total. The molecule has 3 aliphatic rings. The fourth-order valence-electron chi connectivity index (χ4n) is 11.6. The number of carbonyl (C=O) groups excluding carboxylic acids is 1. The lowest BCUT2D eigenvalue weighted by Gasteiger charge is -2.48. The topological polar surface area (TPSA) is 307 Å². The van der Waals surface area contributed by atoms with Gasteiger partial charge in [-0.15, -0.1) is 0 Å². The van der Waals surface area contributed by atoms with Crippen LogP contribution in [0, 0.1) is 0 Å². The molecule has 17 unspecified atom stereocenters.